The summed E-state index contributed by atoms with van der Waals surface area (Å²) in [6, 6.07) is 6.91. The molecule has 0 unspecified atom stereocenters. The number of hydrogen-bond donors (Lipinski definition) is 2. The first-order valence-electron chi connectivity index (χ1n) is 6.62. The molecule has 1 aromatic carbocycles. The Labute approximate surface area is 126 Å². The highest BCUT2D eigenvalue weighted by atomic mass is 19.4. The predicted molar refractivity (Wildman–Crippen MR) is 76.8 cm³/mol. The number of halogens is 3. The van der Waals surface area contributed by atoms with E-state index in [2.05, 4.69) is 5.32 Å². The minimum atomic E-state index is -4.88. The molecular weight excluding hydrogens is 299 g/mol. The number of benzene rings is 1. The lowest BCUT2D eigenvalue weighted by atomic mass is 10.2. The molecule has 2 N–H and O–H groups in total. The smallest absolute Gasteiger partial charge is 0.378 e. The largest absolute Gasteiger partial charge is 0.471 e. The molecule has 2 amide bonds. The minimum Gasteiger partial charge on any atom is -0.378 e. The van der Waals surface area contributed by atoms with Crippen LogP contribution >= 0.6 is 0 Å². The molecular formula is C14H18F3N3O2. The maximum Gasteiger partial charge on any atom is 0.471 e. The zero-order chi connectivity index (χ0) is 16.8. The van der Waals surface area contributed by atoms with Gasteiger partial charge in [-0.05, 0) is 30.7 Å². The Balaban J connectivity index is 2.30. The van der Waals surface area contributed by atoms with E-state index in [1.807, 2.05) is 19.0 Å². The van der Waals surface area contributed by atoms with Gasteiger partial charge in [0.2, 0.25) is 0 Å². The zero-order valence-corrected chi connectivity index (χ0v) is 12.3. The van der Waals surface area contributed by atoms with Crippen LogP contribution in [0, 0.1) is 0 Å². The first-order valence-corrected chi connectivity index (χ1v) is 6.62. The first kappa shape index (κ1) is 17.8. The Morgan fingerprint density at radius 1 is 1.05 bits per heavy atom. The van der Waals surface area contributed by atoms with Gasteiger partial charge in [0.15, 0.2) is 0 Å². The molecule has 0 spiro atoms. The van der Waals surface area contributed by atoms with Crippen LogP contribution in [0.1, 0.15) is 16.8 Å². The van der Waals surface area contributed by atoms with Crippen molar-refractivity contribution in [1.29, 1.82) is 0 Å². The van der Waals surface area contributed by atoms with Crippen molar-refractivity contribution in [3.05, 3.63) is 29.8 Å². The molecule has 5 nitrogen and oxygen atoms in total. The lowest BCUT2D eigenvalue weighted by molar-refractivity contribution is -0.173. The van der Waals surface area contributed by atoms with Crippen LogP contribution in [0.3, 0.4) is 0 Å². The van der Waals surface area contributed by atoms with Crippen molar-refractivity contribution in [3.8, 4) is 0 Å². The van der Waals surface area contributed by atoms with E-state index >= 15 is 0 Å². The van der Waals surface area contributed by atoms with Gasteiger partial charge in [-0.15, -0.1) is 0 Å². The van der Waals surface area contributed by atoms with Crippen molar-refractivity contribution in [1.82, 2.24) is 10.6 Å². The van der Waals surface area contributed by atoms with Crippen LogP contribution in [0.5, 0.6) is 0 Å². The average molecular weight is 317 g/mol. The fraction of sp³-hybridized carbons (Fsp3) is 0.429. The highest BCUT2D eigenvalue weighted by Crippen LogP contribution is 2.14. The molecule has 0 saturated carbocycles. The van der Waals surface area contributed by atoms with Crippen LogP contribution in [0.25, 0.3) is 0 Å². The van der Waals surface area contributed by atoms with E-state index in [-0.39, 0.29) is 25.4 Å². The van der Waals surface area contributed by atoms with Crippen LogP contribution in [0.15, 0.2) is 24.3 Å². The van der Waals surface area contributed by atoms with Crippen LogP contribution in [-0.4, -0.2) is 45.2 Å². The van der Waals surface area contributed by atoms with E-state index in [1.165, 1.54) is 0 Å². The molecule has 0 heterocycles. The van der Waals surface area contributed by atoms with E-state index in [9.17, 15) is 22.8 Å². The Kier molecular flexibility index (Phi) is 6.21. The minimum absolute atomic E-state index is 0.155. The lowest BCUT2D eigenvalue weighted by Gasteiger charge is -2.12. The number of carbonyl (C=O) groups excluding carboxylic acids is 2. The van der Waals surface area contributed by atoms with Gasteiger partial charge in [0.05, 0.1) is 0 Å². The molecule has 0 fully saturated rings. The summed E-state index contributed by atoms with van der Waals surface area (Å²) in [7, 11) is 3.76. The van der Waals surface area contributed by atoms with Crippen molar-refractivity contribution in [2.24, 2.45) is 0 Å². The number of nitrogens with zero attached hydrogens (tertiary/aromatic N) is 1. The number of amides is 2. The van der Waals surface area contributed by atoms with E-state index in [1.54, 1.807) is 29.6 Å². The topological polar surface area (TPSA) is 61.4 Å². The van der Waals surface area contributed by atoms with Gasteiger partial charge in [0.25, 0.3) is 5.91 Å². The normalized spacial score (nSPS) is 11.0. The predicted octanol–water partition coefficient (Wildman–Crippen LogP) is 1.55. The number of anilines is 1. The van der Waals surface area contributed by atoms with E-state index in [4.69, 9.17) is 0 Å². The van der Waals surface area contributed by atoms with Gasteiger partial charge in [-0.3, -0.25) is 9.59 Å². The van der Waals surface area contributed by atoms with E-state index < -0.39 is 12.1 Å². The van der Waals surface area contributed by atoms with E-state index in [0.29, 0.717) is 5.56 Å². The number of carbonyl (C=O) groups is 2. The average Bonchev–Trinajstić information content (AvgIpc) is 2.45. The fourth-order valence-electron chi connectivity index (χ4n) is 1.61. The summed E-state index contributed by atoms with van der Waals surface area (Å²) < 4.78 is 35.7. The third-order valence-corrected chi connectivity index (χ3v) is 2.83. The van der Waals surface area contributed by atoms with Crippen molar-refractivity contribution in [2.75, 3.05) is 32.1 Å². The Morgan fingerprint density at radius 3 is 2.09 bits per heavy atom. The fourth-order valence-corrected chi connectivity index (χ4v) is 1.61. The van der Waals surface area contributed by atoms with Gasteiger partial charge < -0.3 is 15.5 Å². The second-order valence-corrected chi connectivity index (χ2v) is 4.80. The standard InChI is InChI=1S/C14H18F3N3O2/c1-20(2)11-6-4-10(5-7-11)12(21)18-8-3-9-19-13(22)14(15,16)17/h4-7H,3,8-9H2,1-2H3,(H,18,21)(H,19,22). The summed E-state index contributed by atoms with van der Waals surface area (Å²) in [4.78, 5) is 24.2. The van der Waals surface area contributed by atoms with Gasteiger partial charge in [-0.25, -0.2) is 0 Å². The SMILES string of the molecule is CN(C)c1ccc(C(=O)NCCCNC(=O)C(F)(F)F)cc1. The number of nitrogens with one attached hydrogen (secondary N) is 2. The number of alkyl halides is 3. The maximum atomic E-state index is 11.9. The molecule has 1 rings (SSSR count). The molecule has 8 heteroatoms. The van der Waals surface area contributed by atoms with Crippen molar-refractivity contribution in [2.45, 2.75) is 12.6 Å². The summed E-state index contributed by atoms with van der Waals surface area (Å²) in [6.45, 7) is 0.0184. The van der Waals surface area contributed by atoms with Crippen molar-refractivity contribution in [3.63, 3.8) is 0 Å². The second-order valence-electron chi connectivity index (χ2n) is 4.80. The summed E-state index contributed by atoms with van der Waals surface area (Å²) >= 11 is 0. The van der Waals surface area contributed by atoms with Crippen LogP contribution in [0.2, 0.25) is 0 Å². The Hall–Kier alpha value is -2.25. The quantitative estimate of drug-likeness (QED) is 0.783. The van der Waals surface area contributed by atoms with Gasteiger partial charge in [0, 0.05) is 38.4 Å². The molecule has 0 aromatic heterocycles. The lowest BCUT2D eigenvalue weighted by Crippen LogP contribution is -2.38. The molecule has 0 atom stereocenters. The zero-order valence-electron chi connectivity index (χ0n) is 12.3. The third-order valence-electron chi connectivity index (χ3n) is 2.83. The van der Waals surface area contributed by atoms with Crippen LogP contribution in [-0.2, 0) is 4.79 Å². The molecule has 122 valence electrons. The molecule has 0 bridgehead atoms. The summed E-state index contributed by atoms with van der Waals surface area (Å²) in [5.41, 5.74) is 1.41. The summed E-state index contributed by atoms with van der Waals surface area (Å²) in [6.07, 6.45) is -4.67. The molecule has 0 radical (unpaired) electrons. The number of hydrogen-bond acceptors (Lipinski definition) is 3. The molecule has 0 aliphatic rings. The van der Waals surface area contributed by atoms with Gasteiger partial charge in [0.1, 0.15) is 0 Å². The van der Waals surface area contributed by atoms with Gasteiger partial charge >= 0.3 is 12.1 Å². The molecule has 22 heavy (non-hydrogen) atoms. The van der Waals surface area contributed by atoms with Gasteiger partial charge in [-0.1, -0.05) is 0 Å². The maximum absolute atomic E-state index is 11.9. The highest BCUT2D eigenvalue weighted by Gasteiger charge is 2.38. The summed E-state index contributed by atoms with van der Waals surface area (Å²) in [5.74, 6) is -2.29. The second kappa shape index (κ2) is 7.67. The number of rotatable bonds is 6. The van der Waals surface area contributed by atoms with Crippen molar-refractivity contribution < 1.29 is 22.8 Å². The molecule has 1 aromatic rings. The Morgan fingerprint density at radius 2 is 1.59 bits per heavy atom. The summed E-state index contributed by atoms with van der Waals surface area (Å²) in [5, 5.41) is 4.31. The first-order chi connectivity index (χ1) is 10.2. The van der Waals surface area contributed by atoms with E-state index in [0.717, 1.165) is 5.69 Å². The molecule has 0 aliphatic carbocycles. The third kappa shape index (κ3) is 5.63. The highest BCUT2D eigenvalue weighted by molar-refractivity contribution is 5.94. The van der Waals surface area contributed by atoms with Crippen molar-refractivity contribution >= 4 is 17.5 Å². The van der Waals surface area contributed by atoms with Crippen LogP contribution in [0.4, 0.5) is 18.9 Å². The monoisotopic (exact) mass is 317 g/mol. The molecule has 0 saturated heterocycles. The van der Waals surface area contributed by atoms with Gasteiger partial charge in [-0.2, -0.15) is 13.2 Å². The Bertz CT molecular complexity index is 513. The van der Waals surface area contributed by atoms with Crippen LogP contribution < -0.4 is 15.5 Å². The molecule has 0 aliphatic heterocycles.